The number of carbonyl (C=O) groups is 1. The Labute approximate surface area is 215 Å². The predicted molar refractivity (Wildman–Crippen MR) is 142 cm³/mol. The van der Waals surface area contributed by atoms with Gasteiger partial charge >= 0.3 is 0 Å². The lowest BCUT2D eigenvalue weighted by Gasteiger charge is -2.24. The number of furan rings is 1. The molecule has 0 aliphatic heterocycles. The molecular formula is C28H22BrFN4O2. The summed E-state index contributed by atoms with van der Waals surface area (Å²) in [6.07, 6.45) is 1.74. The van der Waals surface area contributed by atoms with Gasteiger partial charge in [0.2, 0.25) is 5.91 Å². The molecule has 5 aromatic rings. The lowest BCUT2D eigenvalue weighted by Crippen LogP contribution is -2.28. The number of hydrogen-bond donors (Lipinski definition) is 1. The summed E-state index contributed by atoms with van der Waals surface area (Å²) >= 11 is 3.52. The highest BCUT2D eigenvalue weighted by Crippen LogP contribution is 2.30. The maximum atomic E-state index is 14.0. The molecule has 0 aliphatic rings. The predicted octanol–water partition coefficient (Wildman–Crippen LogP) is 6.83. The first-order valence-electron chi connectivity index (χ1n) is 11.4. The highest BCUT2D eigenvalue weighted by Gasteiger charge is 2.19. The largest absolute Gasteiger partial charge is 0.467 e. The van der Waals surface area contributed by atoms with Crippen LogP contribution in [0.1, 0.15) is 12.2 Å². The van der Waals surface area contributed by atoms with Crippen LogP contribution in [0.15, 0.2) is 100 Å². The summed E-state index contributed by atoms with van der Waals surface area (Å²) in [6, 6.07) is 25.4. The van der Waals surface area contributed by atoms with Crippen LogP contribution >= 0.6 is 15.9 Å². The van der Waals surface area contributed by atoms with Crippen LogP contribution in [-0.4, -0.2) is 22.4 Å². The van der Waals surface area contributed by atoms with Crippen molar-refractivity contribution >= 4 is 44.2 Å². The van der Waals surface area contributed by atoms with Gasteiger partial charge < -0.3 is 14.6 Å². The quantitative estimate of drug-likeness (QED) is 0.232. The minimum Gasteiger partial charge on any atom is -0.467 e. The number of rotatable bonds is 8. The van der Waals surface area contributed by atoms with Crippen LogP contribution < -0.4 is 10.2 Å². The highest BCUT2D eigenvalue weighted by molar-refractivity contribution is 9.10. The molecule has 36 heavy (non-hydrogen) atoms. The van der Waals surface area contributed by atoms with Crippen molar-refractivity contribution in [3.8, 4) is 11.4 Å². The zero-order chi connectivity index (χ0) is 24.9. The molecule has 0 atom stereocenters. The van der Waals surface area contributed by atoms with Crippen molar-refractivity contribution in [1.82, 2.24) is 9.97 Å². The van der Waals surface area contributed by atoms with Crippen molar-refractivity contribution in [1.29, 1.82) is 0 Å². The fourth-order valence-electron chi connectivity index (χ4n) is 3.92. The zero-order valence-electron chi connectivity index (χ0n) is 19.2. The van der Waals surface area contributed by atoms with Crippen LogP contribution in [0.5, 0.6) is 0 Å². The highest BCUT2D eigenvalue weighted by atomic mass is 79.9. The van der Waals surface area contributed by atoms with Gasteiger partial charge in [-0.05, 0) is 48.5 Å². The number of amides is 1. The number of halogens is 2. The molecule has 0 aliphatic carbocycles. The summed E-state index contributed by atoms with van der Waals surface area (Å²) in [4.78, 5) is 24.4. The first-order valence-corrected chi connectivity index (χ1v) is 12.2. The lowest BCUT2D eigenvalue weighted by molar-refractivity contribution is -0.116. The molecule has 5 rings (SSSR count). The number of para-hydroxylation sites is 2. The van der Waals surface area contributed by atoms with Crippen LogP contribution in [0.2, 0.25) is 0 Å². The smallest absolute Gasteiger partial charge is 0.226 e. The van der Waals surface area contributed by atoms with E-state index in [0.29, 0.717) is 24.7 Å². The van der Waals surface area contributed by atoms with Gasteiger partial charge in [-0.2, -0.15) is 0 Å². The normalized spacial score (nSPS) is 10.9. The molecule has 2 aromatic heterocycles. The number of fused-ring (bicyclic) bond motifs is 1. The van der Waals surface area contributed by atoms with Crippen molar-refractivity contribution < 1.29 is 13.6 Å². The van der Waals surface area contributed by atoms with Gasteiger partial charge in [0.15, 0.2) is 5.82 Å². The van der Waals surface area contributed by atoms with E-state index in [1.54, 1.807) is 18.4 Å². The molecule has 0 fully saturated rings. The van der Waals surface area contributed by atoms with E-state index in [4.69, 9.17) is 14.4 Å². The van der Waals surface area contributed by atoms with Gasteiger partial charge in [0.25, 0.3) is 0 Å². The molecule has 1 amide bonds. The number of anilines is 2. The van der Waals surface area contributed by atoms with Crippen molar-refractivity contribution in [3.63, 3.8) is 0 Å². The number of carbonyl (C=O) groups excluding carboxylic acids is 1. The maximum Gasteiger partial charge on any atom is 0.226 e. The number of benzene rings is 3. The molecule has 0 saturated carbocycles. The van der Waals surface area contributed by atoms with Gasteiger partial charge in [-0.15, -0.1) is 0 Å². The lowest BCUT2D eigenvalue weighted by atomic mass is 10.1. The van der Waals surface area contributed by atoms with Crippen molar-refractivity contribution in [2.24, 2.45) is 0 Å². The Morgan fingerprint density at radius 2 is 1.81 bits per heavy atom. The Kier molecular flexibility index (Phi) is 7.04. The first-order chi connectivity index (χ1) is 17.6. The molecular weight excluding hydrogens is 523 g/mol. The van der Waals surface area contributed by atoms with Crippen molar-refractivity contribution in [3.05, 3.63) is 107 Å². The Balaban J connectivity index is 1.49. The summed E-state index contributed by atoms with van der Waals surface area (Å²) in [7, 11) is 0. The van der Waals surface area contributed by atoms with Crippen LogP contribution in [-0.2, 0) is 11.3 Å². The topological polar surface area (TPSA) is 71.3 Å². The van der Waals surface area contributed by atoms with E-state index in [9.17, 15) is 9.18 Å². The summed E-state index contributed by atoms with van der Waals surface area (Å²) < 4.78 is 20.5. The van der Waals surface area contributed by atoms with Crippen LogP contribution in [0.3, 0.4) is 0 Å². The van der Waals surface area contributed by atoms with E-state index in [1.165, 1.54) is 12.1 Å². The maximum absolute atomic E-state index is 14.0. The molecule has 180 valence electrons. The fraction of sp³-hybridized carbons (Fsp3) is 0.107. The SMILES string of the molecule is O=C(CCN(Cc1ccco1)c1nc(-c2cccc(Br)c2)nc2ccccc12)Nc1ccccc1F. The minimum absolute atomic E-state index is 0.125. The van der Waals surface area contributed by atoms with E-state index in [-0.39, 0.29) is 18.0 Å². The first kappa shape index (κ1) is 23.7. The molecule has 6 nitrogen and oxygen atoms in total. The molecule has 1 N–H and O–H groups in total. The van der Waals surface area contributed by atoms with E-state index >= 15 is 0 Å². The van der Waals surface area contributed by atoms with Crippen LogP contribution in [0.4, 0.5) is 15.9 Å². The Morgan fingerprint density at radius 3 is 2.61 bits per heavy atom. The van der Waals surface area contributed by atoms with E-state index in [0.717, 1.165) is 26.7 Å². The van der Waals surface area contributed by atoms with E-state index in [1.807, 2.05) is 65.6 Å². The second-order valence-electron chi connectivity index (χ2n) is 8.18. The average Bonchev–Trinajstić information content (AvgIpc) is 3.40. The van der Waals surface area contributed by atoms with Gasteiger partial charge in [-0.1, -0.05) is 52.3 Å². The number of nitrogens with zero attached hydrogens (tertiary/aromatic N) is 3. The third-order valence-electron chi connectivity index (χ3n) is 5.65. The van der Waals surface area contributed by atoms with E-state index < -0.39 is 5.82 Å². The number of nitrogens with one attached hydrogen (secondary N) is 1. The summed E-state index contributed by atoms with van der Waals surface area (Å²) in [5.41, 5.74) is 1.81. The molecule has 2 heterocycles. The molecule has 0 saturated heterocycles. The molecule has 3 aromatic carbocycles. The third-order valence-corrected chi connectivity index (χ3v) is 6.14. The van der Waals surface area contributed by atoms with Gasteiger partial charge in [-0.3, -0.25) is 4.79 Å². The second-order valence-corrected chi connectivity index (χ2v) is 9.09. The molecule has 0 radical (unpaired) electrons. The molecule has 0 spiro atoms. The van der Waals surface area contributed by atoms with Gasteiger partial charge in [0, 0.05) is 28.4 Å². The average molecular weight is 545 g/mol. The standard InChI is InChI=1S/C28H22BrFN4O2/c29-20-8-5-7-19(17-20)27-32-24-12-3-1-10-22(24)28(33-27)34(18-21-9-6-16-36-21)15-14-26(35)31-25-13-4-2-11-23(25)30/h1-13,16-17H,14-15,18H2,(H,31,35). The van der Waals surface area contributed by atoms with E-state index in [2.05, 4.69) is 21.2 Å². The van der Waals surface area contributed by atoms with Gasteiger partial charge in [0.1, 0.15) is 17.4 Å². The summed E-state index contributed by atoms with van der Waals surface area (Å²) in [5, 5.41) is 3.51. The molecule has 0 bridgehead atoms. The molecule has 8 heteroatoms. The monoisotopic (exact) mass is 544 g/mol. The number of aromatic nitrogens is 2. The Hall–Kier alpha value is -4.04. The third kappa shape index (κ3) is 5.44. The summed E-state index contributed by atoms with van der Waals surface area (Å²) in [6.45, 7) is 0.735. The second kappa shape index (κ2) is 10.7. The van der Waals surface area contributed by atoms with Crippen molar-refractivity contribution in [2.45, 2.75) is 13.0 Å². The van der Waals surface area contributed by atoms with Gasteiger partial charge in [0.05, 0.1) is 24.0 Å². The number of hydrogen-bond acceptors (Lipinski definition) is 5. The fourth-order valence-corrected chi connectivity index (χ4v) is 4.32. The Bertz CT molecular complexity index is 1510. The van der Waals surface area contributed by atoms with Crippen molar-refractivity contribution in [2.75, 3.05) is 16.8 Å². The van der Waals surface area contributed by atoms with Crippen LogP contribution in [0, 0.1) is 5.82 Å². The minimum atomic E-state index is -0.473. The van der Waals surface area contributed by atoms with Gasteiger partial charge in [-0.25, -0.2) is 14.4 Å². The Morgan fingerprint density at radius 1 is 0.972 bits per heavy atom. The zero-order valence-corrected chi connectivity index (χ0v) is 20.8. The molecule has 0 unspecified atom stereocenters. The summed E-state index contributed by atoms with van der Waals surface area (Å²) in [5.74, 6) is 1.22. The van der Waals surface area contributed by atoms with Crippen LogP contribution in [0.25, 0.3) is 22.3 Å².